The Morgan fingerprint density at radius 3 is 2.21 bits per heavy atom. The number of hydrogen-bond donors (Lipinski definition) is 0. The zero-order valence-electron chi connectivity index (χ0n) is 16.6. The summed E-state index contributed by atoms with van der Waals surface area (Å²) in [4.78, 5) is 13.0. The van der Waals surface area contributed by atoms with Crippen LogP contribution in [0.2, 0.25) is 0 Å². The minimum Gasteiger partial charge on any atom is -0.318 e. The molecule has 0 spiro atoms. The first kappa shape index (κ1) is 18.0. The van der Waals surface area contributed by atoms with Crippen molar-refractivity contribution in [3.05, 3.63) is 88.8 Å². The van der Waals surface area contributed by atoms with Crippen LogP contribution in [0.25, 0.3) is 11.8 Å². The van der Waals surface area contributed by atoms with Gasteiger partial charge in [0.15, 0.2) is 0 Å². The van der Waals surface area contributed by atoms with Crippen molar-refractivity contribution in [1.29, 1.82) is 0 Å². The smallest absolute Gasteiger partial charge is 0.280 e. The number of aromatic nitrogens is 1. The first-order valence-corrected chi connectivity index (χ1v) is 9.38. The van der Waals surface area contributed by atoms with Crippen LogP contribution in [0.1, 0.15) is 29.4 Å². The third kappa shape index (κ3) is 3.07. The van der Waals surface area contributed by atoms with Crippen LogP contribution >= 0.6 is 0 Å². The van der Waals surface area contributed by atoms with Crippen LogP contribution in [-0.2, 0) is 4.79 Å². The lowest BCUT2D eigenvalue weighted by Crippen LogP contribution is -2.21. The number of para-hydroxylation sites is 1. The van der Waals surface area contributed by atoms with Gasteiger partial charge in [-0.25, -0.2) is 0 Å². The van der Waals surface area contributed by atoms with Gasteiger partial charge in [0, 0.05) is 17.1 Å². The molecule has 2 heterocycles. The maximum atomic E-state index is 13.0. The number of nitrogens with zero attached hydrogens (tertiary/aromatic N) is 3. The SMILES string of the molecule is CC1=NN(c2ccccc2)C(=O)C1=Cc1cc(C)n(-c2ccc(C)cc2)c1C. The summed E-state index contributed by atoms with van der Waals surface area (Å²) in [5, 5.41) is 5.94. The third-order valence-corrected chi connectivity index (χ3v) is 5.13. The normalized spacial score (nSPS) is 15.4. The third-order valence-electron chi connectivity index (χ3n) is 5.13. The van der Waals surface area contributed by atoms with Crippen molar-refractivity contribution in [3.8, 4) is 5.69 Å². The van der Waals surface area contributed by atoms with Gasteiger partial charge in [-0.1, -0.05) is 35.9 Å². The number of benzene rings is 2. The van der Waals surface area contributed by atoms with Crippen molar-refractivity contribution in [2.24, 2.45) is 5.10 Å². The van der Waals surface area contributed by atoms with Crippen LogP contribution in [0.15, 0.2) is 71.3 Å². The average Bonchev–Trinajstić information content (AvgIpc) is 3.13. The molecule has 3 aromatic rings. The molecule has 1 amide bonds. The van der Waals surface area contributed by atoms with Gasteiger partial charge in [0.05, 0.1) is 17.0 Å². The Hall–Kier alpha value is -3.40. The summed E-state index contributed by atoms with van der Waals surface area (Å²) in [6.45, 7) is 8.13. The van der Waals surface area contributed by atoms with E-state index in [-0.39, 0.29) is 5.91 Å². The van der Waals surface area contributed by atoms with Gasteiger partial charge in [-0.15, -0.1) is 0 Å². The fourth-order valence-corrected chi connectivity index (χ4v) is 3.61. The van der Waals surface area contributed by atoms with E-state index in [2.05, 4.69) is 60.8 Å². The lowest BCUT2D eigenvalue weighted by atomic mass is 10.1. The first-order valence-electron chi connectivity index (χ1n) is 9.38. The molecule has 140 valence electrons. The largest absolute Gasteiger partial charge is 0.318 e. The van der Waals surface area contributed by atoms with Gasteiger partial charge in [-0.3, -0.25) is 4.79 Å². The van der Waals surface area contributed by atoms with E-state index < -0.39 is 0 Å². The molecule has 0 radical (unpaired) electrons. The second-order valence-electron chi connectivity index (χ2n) is 7.19. The Bertz CT molecular complexity index is 1100. The quantitative estimate of drug-likeness (QED) is 0.584. The molecule has 0 fully saturated rings. The molecule has 4 heteroatoms. The molecule has 0 aliphatic carbocycles. The molecule has 4 nitrogen and oxygen atoms in total. The molecule has 0 saturated carbocycles. The van der Waals surface area contributed by atoms with Gasteiger partial charge >= 0.3 is 0 Å². The summed E-state index contributed by atoms with van der Waals surface area (Å²) in [6, 6.07) is 20.1. The van der Waals surface area contributed by atoms with Crippen LogP contribution in [-0.4, -0.2) is 16.2 Å². The fourth-order valence-electron chi connectivity index (χ4n) is 3.61. The number of amides is 1. The average molecular weight is 369 g/mol. The van der Waals surface area contributed by atoms with E-state index in [0.717, 1.165) is 34.0 Å². The number of hydrogen-bond acceptors (Lipinski definition) is 2. The highest BCUT2D eigenvalue weighted by molar-refractivity contribution is 6.32. The van der Waals surface area contributed by atoms with E-state index in [4.69, 9.17) is 0 Å². The molecule has 0 N–H and O–H groups in total. The first-order chi connectivity index (χ1) is 13.5. The zero-order valence-corrected chi connectivity index (χ0v) is 16.6. The molecule has 28 heavy (non-hydrogen) atoms. The van der Waals surface area contributed by atoms with E-state index in [0.29, 0.717) is 5.57 Å². The van der Waals surface area contributed by atoms with Gasteiger partial charge < -0.3 is 4.57 Å². The van der Waals surface area contributed by atoms with Gasteiger partial charge in [-0.05, 0) is 69.7 Å². The number of aryl methyl sites for hydroxylation is 2. The Kier molecular flexibility index (Phi) is 4.47. The van der Waals surface area contributed by atoms with Crippen molar-refractivity contribution in [2.45, 2.75) is 27.7 Å². The lowest BCUT2D eigenvalue weighted by Gasteiger charge is -2.11. The second-order valence-corrected chi connectivity index (χ2v) is 7.19. The Balaban J connectivity index is 1.72. The Morgan fingerprint density at radius 2 is 1.54 bits per heavy atom. The Morgan fingerprint density at radius 1 is 0.857 bits per heavy atom. The summed E-state index contributed by atoms with van der Waals surface area (Å²) in [7, 11) is 0. The van der Waals surface area contributed by atoms with Gasteiger partial charge in [0.2, 0.25) is 0 Å². The minimum atomic E-state index is -0.0937. The van der Waals surface area contributed by atoms with E-state index in [1.165, 1.54) is 10.6 Å². The highest BCUT2D eigenvalue weighted by atomic mass is 16.2. The van der Waals surface area contributed by atoms with Gasteiger partial charge in [-0.2, -0.15) is 10.1 Å². The maximum absolute atomic E-state index is 13.0. The molecule has 0 atom stereocenters. The molecule has 0 saturated heterocycles. The molecule has 2 aromatic carbocycles. The minimum absolute atomic E-state index is 0.0937. The maximum Gasteiger partial charge on any atom is 0.280 e. The molecule has 0 unspecified atom stereocenters. The van der Waals surface area contributed by atoms with Gasteiger partial charge in [0.25, 0.3) is 5.91 Å². The van der Waals surface area contributed by atoms with Crippen LogP contribution < -0.4 is 5.01 Å². The van der Waals surface area contributed by atoms with E-state index >= 15 is 0 Å². The predicted octanol–water partition coefficient (Wildman–Crippen LogP) is 5.21. The number of rotatable bonds is 3. The Labute approximate surface area is 165 Å². The second kappa shape index (κ2) is 6.97. The monoisotopic (exact) mass is 369 g/mol. The van der Waals surface area contributed by atoms with E-state index in [1.54, 1.807) is 0 Å². The fraction of sp³-hybridized carbons (Fsp3) is 0.167. The van der Waals surface area contributed by atoms with Crippen molar-refractivity contribution < 1.29 is 4.79 Å². The van der Waals surface area contributed by atoms with Crippen LogP contribution in [0, 0.1) is 20.8 Å². The van der Waals surface area contributed by atoms with E-state index in [1.807, 2.05) is 43.3 Å². The van der Waals surface area contributed by atoms with Crippen molar-refractivity contribution >= 4 is 23.4 Å². The summed E-state index contributed by atoms with van der Waals surface area (Å²) in [5.41, 5.74) is 7.77. The van der Waals surface area contributed by atoms with Crippen molar-refractivity contribution in [1.82, 2.24) is 4.57 Å². The van der Waals surface area contributed by atoms with Crippen LogP contribution in [0.3, 0.4) is 0 Å². The zero-order chi connectivity index (χ0) is 19.8. The molecular formula is C24H23N3O. The molecule has 4 rings (SSSR count). The summed E-state index contributed by atoms with van der Waals surface area (Å²) in [5.74, 6) is -0.0937. The molecule has 1 aliphatic rings. The topological polar surface area (TPSA) is 37.6 Å². The predicted molar refractivity (Wildman–Crippen MR) is 115 cm³/mol. The number of anilines is 1. The summed E-state index contributed by atoms with van der Waals surface area (Å²) < 4.78 is 2.21. The highest BCUT2D eigenvalue weighted by Gasteiger charge is 2.29. The number of carbonyl (C=O) groups excluding carboxylic acids is 1. The summed E-state index contributed by atoms with van der Waals surface area (Å²) in [6.07, 6.45) is 1.96. The molecule has 0 bridgehead atoms. The number of hydrazone groups is 1. The lowest BCUT2D eigenvalue weighted by molar-refractivity contribution is -0.114. The molecule has 1 aliphatic heterocycles. The molecule has 1 aromatic heterocycles. The van der Waals surface area contributed by atoms with E-state index in [9.17, 15) is 4.79 Å². The standard InChI is InChI=1S/C24H23N3O/c1-16-10-12-21(13-11-16)26-17(2)14-20(19(26)4)15-23-18(3)25-27(24(23)28)22-8-6-5-7-9-22/h5-15H,1-4H3. The molecular weight excluding hydrogens is 346 g/mol. The van der Waals surface area contributed by atoms with Crippen molar-refractivity contribution in [3.63, 3.8) is 0 Å². The van der Waals surface area contributed by atoms with Crippen LogP contribution in [0.5, 0.6) is 0 Å². The van der Waals surface area contributed by atoms with Gasteiger partial charge in [0.1, 0.15) is 0 Å². The van der Waals surface area contributed by atoms with Crippen LogP contribution in [0.4, 0.5) is 5.69 Å². The highest BCUT2D eigenvalue weighted by Crippen LogP contribution is 2.27. The number of carbonyl (C=O) groups is 1. The summed E-state index contributed by atoms with van der Waals surface area (Å²) >= 11 is 0. The van der Waals surface area contributed by atoms with Crippen molar-refractivity contribution in [2.75, 3.05) is 5.01 Å².